The summed E-state index contributed by atoms with van der Waals surface area (Å²) >= 11 is 1.62. The summed E-state index contributed by atoms with van der Waals surface area (Å²) in [5.74, 6) is 0.706. The second kappa shape index (κ2) is 7.13. The lowest BCUT2D eigenvalue weighted by Crippen LogP contribution is -2.53. The van der Waals surface area contributed by atoms with Crippen molar-refractivity contribution in [2.45, 2.75) is 23.8 Å². The molecule has 3 heterocycles. The Labute approximate surface area is 156 Å². The van der Waals surface area contributed by atoms with E-state index in [1.165, 1.54) is 12.1 Å². The number of hydrogen-bond donors (Lipinski definition) is 2. The molecule has 8 heteroatoms. The molecular formula is C17H21ClFN3O2S. The van der Waals surface area contributed by atoms with Crippen molar-refractivity contribution in [2.75, 3.05) is 25.4 Å². The second-order valence-electron chi connectivity index (χ2n) is 6.65. The SMILES string of the molecule is Cl.O=C(NCC1CNC1)C1CSC2(c3ccc(F)cc3)CCC(=O)N12. The van der Waals surface area contributed by atoms with Gasteiger partial charge in [0.15, 0.2) is 0 Å². The van der Waals surface area contributed by atoms with E-state index in [2.05, 4.69) is 10.6 Å². The molecule has 4 rings (SSSR count). The molecule has 5 nitrogen and oxygen atoms in total. The molecule has 0 aromatic heterocycles. The minimum atomic E-state index is -0.523. The van der Waals surface area contributed by atoms with Crippen LogP contribution in [0.25, 0.3) is 0 Å². The second-order valence-corrected chi connectivity index (χ2v) is 7.95. The Kier molecular flexibility index (Phi) is 5.27. The van der Waals surface area contributed by atoms with E-state index in [9.17, 15) is 14.0 Å². The first-order chi connectivity index (χ1) is 11.6. The van der Waals surface area contributed by atoms with Gasteiger partial charge in [-0.05, 0) is 24.1 Å². The molecule has 2 N–H and O–H groups in total. The van der Waals surface area contributed by atoms with Crippen LogP contribution in [0.2, 0.25) is 0 Å². The molecule has 0 spiro atoms. The lowest BCUT2D eigenvalue weighted by atomic mass is 10.0. The van der Waals surface area contributed by atoms with Crippen LogP contribution in [0.4, 0.5) is 4.39 Å². The van der Waals surface area contributed by atoms with Gasteiger partial charge in [0.05, 0.1) is 0 Å². The Hall–Kier alpha value is -1.31. The van der Waals surface area contributed by atoms with Crippen LogP contribution in [0, 0.1) is 11.7 Å². The van der Waals surface area contributed by atoms with Gasteiger partial charge in [0.25, 0.3) is 0 Å². The lowest BCUT2D eigenvalue weighted by molar-refractivity contribution is -0.138. The van der Waals surface area contributed by atoms with Crippen LogP contribution in [-0.2, 0) is 14.5 Å². The van der Waals surface area contributed by atoms with Gasteiger partial charge in [0, 0.05) is 37.7 Å². The molecular weight excluding hydrogens is 365 g/mol. The summed E-state index contributed by atoms with van der Waals surface area (Å²) in [7, 11) is 0. The fourth-order valence-electron chi connectivity index (χ4n) is 3.70. The van der Waals surface area contributed by atoms with Crippen LogP contribution in [-0.4, -0.2) is 48.1 Å². The van der Waals surface area contributed by atoms with Crippen LogP contribution in [0.1, 0.15) is 18.4 Å². The standard InChI is InChI=1S/C17H20FN3O2S.ClH/c18-13-3-1-12(2-4-13)17-6-5-15(22)21(17)14(10-24-17)16(23)20-9-11-7-19-8-11;/h1-4,11,14,19H,5-10H2,(H,20,23);1H. The molecule has 3 aliphatic heterocycles. The largest absolute Gasteiger partial charge is 0.354 e. The number of carbonyl (C=O) groups is 2. The average molecular weight is 386 g/mol. The summed E-state index contributed by atoms with van der Waals surface area (Å²) in [6, 6.07) is 5.86. The van der Waals surface area contributed by atoms with Gasteiger partial charge < -0.3 is 15.5 Å². The van der Waals surface area contributed by atoms with Gasteiger partial charge in [0.2, 0.25) is 11.8 Å². The number of rotatable bonds is 4. The zero-order valence-electron chi connectivity index (χ0n) is 13.7. The van der Waals surface area contributed by atoms with Crippen LogP contribution in [0.5, 0.6) is 0 Å². The molecule has 1 aromatic carbocycles. The quantitative estimate of drug-likeness (QED) is 0.824. The number of amides is 2. The maximum absolute atomic E-state index is 13.3. The Balaban J connectivity index is 0.00000182. The van der Waals surface area contributed by atoms with Crippen LogP contribution < -0.4 is 10.6 Å². The van der Waals surface area contributed by atoms with Crippen molar-refractivity contribution in [3.63, 3.8) is 0 Å². The molecule has 3 saturated heterocycles. The van der Waals surface area contributed by atoms with Crippen molar-refractivity contribution >= 4 is 36.0 Å². The van der Waals surface area contributed by atoms with Crippen LogP contribution in [0.15, 0.2) is 24.3 Å². The molecule has 25 heavy (non-hydrogen) atoms. The molecule has 2 unspecified atom stereocenters. The van der Waals surface area contributed by atoms with Gasteiger partial charge in [-0.3, -0.25) is 9.59 Å². The minimum Gasteiger partial charge on any atom is -0.354 e. The summed E-state index contributed by atoms with van der Waals surface area (Å²) in [6.07, 6.45) is 1.10. The average Bonchev–Trinajstić information content (AvgIpc) is 3.06. The van der Waals surface area contributed by atoms with Crippen molar-refractivity contribution in [3.05, 3.63) is 35.6 Å². The zero-order valence-corrected chi connectivity index (χ0v) is 15.3. The van der Waals surface area contributed by atoms with Crippen molar-refractivity contribution in [2.24, 2.45) is 5.92 Å². The molecule has 0 bridgehead atoms. The zero-order chi connectivity index (χ0) is 16.7. The molecule has 1 aromatic rings. The van der Waals surface area contributed by atoms with Gasteiger partial charge in [0.1, 0.15) is 16.7 Å². The maximum atomic E-state index is 13.3. The molecule has 2 atom stereocenters. The van der Waals surface area contributed by atoms with Crippen molar-refractivity contribution in [3.8, 4) is 0 Å². The number of benzene rings is 1. The number of nitrogens with one attached hydrogen (secondary N) is 2. The van der Waals surface area contributed by atoms with Crippen molar-refractivity contribution in [1.82, 2.24) is 15.5 Å². The number of carbonyl (C=O) groups excluding carboxylic acids is 2. The number of hydrogen-bond acceptors (Lipinski definition) is 4. The fraction of sp³-hybridized carbons (Fsp3) is 0.529. The highest BCUT2D eigenvalue weighted by Crippen LogP contribution is 2.54. The smallest absolute Gasteiger partial charge is 0.243 e. The van der Waals surface area contributed by atoms with Gasteiger partial charge in [-0.2, -0.15) is 0 Å². The first kappa shape index (κ1) is 18.5. The van der Waals surface area contributed by atoms with E-state index in [4.69, 9.17) is 0 Å². The van der Waals surface area contributed by atoms with E-state index >= 15 is 0 Å². The lowest BCUT2D eigenvalue weighted by Gasteiger charge is -2.34. The Morgan fingerprint density at radius 1 is 1.36 bits per heavy atom. The van der Waals surface area contributed by atoms with E-state index in [-0.39, 0.29) is 30.0 Å². The summed E-state index contributed by atoms with van der Waals surface area (Å²) in [5.41, 5.74) is 0.901. The Bertz CT molecular complexity index is 670. The summed E-state index contributed by atoms with van der Waals surface area (Å²) in [4.78, 5) is 26.3. The fourth-order valence-corrected chi connectivity index (χ4v) is 5.35. The molecule has 0 aliphatic carbocycles. The summed E-state index contributed by atoms with van der Waals surface area (Å²) < 4.78 is 13.3. The predicted molar refractivity (Wildman–Crippen MR) is 97.0 cm³/mol. The molecule has 0 saturated carbocycles. The monoisotopic (exact) mass is 385 g/mol. The van der Waals surface area contributed by atoms with E-state index in [1.807, 2.05) is 0 Å². The van der Waals surface area contributed by atoms with Crippen molar-refractivity contribution < 1.29 is 14.0 Å². The third-order valence-corrected chi connectivity index (χ3v) is 6.75. The highest BCUT2D eigenvalue weighted by Gasteiger charge is 2.56. The van der Waals surface area contributed by atoms with Crippen molar-refractivity contribution in [1.29, 1.82) is 0 Å². The first-order valence-electron chi connectivity index (χ1n) is 8.31. The highest BCUT2D eigenvalue weighted by molar-refractivity contribution is 8.00. The predicted octanol–water partition coefficient (Wildman–Crippen LogP) is 1.47. The molecule has 3 aliphatic rings. The summed E-state index contributed by atoms with van der Waals surface area (Å²) in [6.45, 7) is 2.52. The molecule has 136 valence electrons. The number of thioether (sulfide) groups is 1. The third kappa shape index (κ3) is 3.13. The number of nitrogens with zero attached hydrogens (tertiary/aromatic N) is 1. The molecule has 0 radical (unpaired) electrons. The van der Waals surface area contributed by atoms with E-state index < -0.39 is 10.9 Å². The summed E-state index contributed by atoms with van der Waals surface area (Å²) in [5, 5.41) is 6.17. The van der Waals surface area contributed by atoms with Crippen LogP contribution in [0.3, 0.4) is 0 Å². The number of fused-ring (bicyclic) bond motifs is 1. The number of halogens is 2. The van der Waals surface area contributed by atoms with E-state index in [0.29, 0.717) is 31.1 Å². The van der Waals surface area contributed by atoms with E-state index in [0.717, 1.165) is 18.7 Å². The highest BCUT2D eigenvalue weighted by atomic mass is 35.5. The van der Waals surface area contributed by atoms with E-state index in [1.54, 1.807) is 28.8 Å². The first-order valence-corrected chi connectivity index (χ1v) is 9.29. The third-order valence-electron chi connectivity index (χ3n) is 5.16. The van der Waals surface area contributed by atoms with Gasteiger partial charge in [-0.15, -0.1) is 24.2 Å². The topological polar surface area (TPSA) is 61.4 Å². The minimum absolute atomic E-state index is 0. The maximum Gasteiger partial charge on any atom is 0.243 e. The molecule has 2 amide bonds. The van der Waals surface area contributed by atoms with Crippen LogP contribution >= 0.6 is 24.2 Å². The van der Waals surface area contributed by atoms with Gasteiger partial charge in [-0.1, -0.05) is 12.1 Å². The Morgan fingerprint density at radius 3 is 2.72 bits per heavy atom. The normalized spacial score (nSPS) is 28.3. The Morgan fingerprint density at radius 2 is 2.08 bits per heavy atom. The molecule has 3 fully saturated rings. The van der Waals surface area contributed by atoms with Gasteiger partial charge in [-0.25, -0.2) is 4.39 Å². The van der Waals surface area contributed by atoms with Gasteiger partial charge >= 0.3 is 0 Å².